The maximum atomic E-state index is 7.27. The van der Waals surface area contributed by atoms with E-state index in [2.05, 4.69) is 67.7 Å². The molecule has 0 aliphatic heterocycles. The van der Waals surface area contributed by atoms with Crippen LogP contribution in [0.3, 0.4) is 0 Å². The number of hydrogen-bond donors (Lipinski definition) is 0. The normalized spacial score (nSPS) is 30.2. The van der Waals surface area contributed by atoms with Crippen LogP contribution in [-0.2, 0) is 30.7 Å². The minimum atomic E-state index is -2.55. The van der Waals surface area contributed by atoms with Gasteiger partial charge in [-0.3, -0.25) is 0 Å². The Balaban J connectivity index is 1.20. The van der Waals surface area contributed by atoms with Crippen molar-refractivity contribution in [3.05, 3.63) is 0 Å². The Morgan fingerprint density at radius 3 is 1.10 bits per heavy atom. The van der Waals surface area contributed by atoms with Gasteiger partial charge in [0.1, 0.15) is 0 Å². The fourth-order valence-electron chi connectivity index (χ4n) is 11.2. The number of fused-ring (bicyclic) bond motifs is 4. The molecule has 7 nitrogen and oxygen atoms in total. The molecular weight excluding hydrogens is 681 g/mol. The molecule has 0 amide bonds. The van der Waals surface area contributed by atoms with E-state index in [0.717, 1.165) is 59.4 Å². The highest BCUT2D eigenvalue weighted by atomic mass is 28.4. The summed E-state index contributed by atoms with van der Waals surface area (Å²) in [6.45, 7) is 26.6. The molecular formula is C38H78O7Si4. The fourth-order valence-corrected chi connectivity index (χ4v) is 25.6. The Morgan fingerprint density at radius 1 is 0.408 bits per heavy atom. The molecule has 8 unspecified atom stereocenters. The second-order valence-electron chi connectivity index (χ2n) is 17.2. The lowest BCUT2D eigenvalue weighted by Gasteiger charge is -2.38. The van der Waals surface area contributed by atoms with Crippen LogP contribution in [0.2, 0.25) is 50.4 Å². The lowest BCUT2D eigenvalue weighted by Crippen LogP contribution is -2.46. The highest BCUT2D eigenvalue weighted by molar-refractivity contribution is 6.84. The van der Waals surface area contributed by atoms with Crippen molar-refractivity contribution in [1.82, 2.24) is 0 Å². The molecule has 4 fully saturated rings. The van der Waals surface area contributed by atoms with Crippen LogP contribution in [0.5, 0.6) is 0 Å². The molecule has 49 heavy (non-hydrogen) atoms. The molecule has 8 atom stereocenters. The van der Waals surface area contributed by atoms with E-state index in [4.69, 9.17) is 30.7 Å². The fraction of sp³-hybridized carbons (Fsp3) is 1.00. The largest absolute Gasteiger partial charge is 0.500 e. The molecule has 4 aliphatic carbocycles. The first kappa shape index (κ1) is 42.3. The third-order valence-corrected chi connectivity index (χ3v) is 26.4. The predicted octanol–water partition coefficient (Wildman–Crippen LogP) is 10.4. The van der Waals surface area contributed by atoms with Crippen molar-refractivity contribution < 1.29 is 30.7 Å². The molecule has 4 rings (SSSR count). The Hall–Kier alpha value is 0.588. The zero-order chi connectivity index (χ0) is 35.7. The third kappa shape index (κ3) is 11.8. The first-order chi connectivity index (χ1) is 23.4. The van der Waals surface area contributed by atoms with Crippen molar-refractivity contribution in [2.75, 3.05) is 39.6 Å². The number of rotatable bonds is 26. The summed E-state index contributed by atoms with van der Waals surface area (Å²) in [5.41, 5.74) is 0. The van der Waals surface area contributed by atoms with Gasteiger partial charge >= 0.3 is 17.6 Å². The lowest BCUT2D eigenvalue weighted by molar-refractivity contribution is 0.0672. The topological polar surface area (TPSA) is 64.6 Å². The maximum absolute atomic E-state index is 7.27. The predicted molar refractivity (Wildman–Crippen MR) is 211 cm³/mol. The van der Waals surface area contributed by atoms with Gasteiger partial charge in [-0.15, -0.1) is 0 Å². The van der Waals surface area contributed by atoms with Gasteiger partial charge in [-0.25, -0.2) is 0 Å². The van der Waals surface area contributed by atoms with Gasteiger partial charge in [-0.05, 0) is 179 Å². The van der Waals surface area contributed by atoms with E-state index in [1.807, 2.05) is 0 Å². The van der Waals surface area contributed by atoms with E-state index >= 15 is 0 Å². The Kier molecular flexibility index (Phi) is 16.6. The monoisotopic (exact) mass is 758 g/mol. The van der Waals surface area contributed by atoms with Gasteiger partial charge in [-0.2, -0.15) is 0 Å². The highest BCUT2D eigenvalue weighted by Crippen LogP contribution is 2.56. The van der Waals surface area contributed by atoms with Crippen LogP contribution < -0.4 is 0 Å². The lowest BCUT2D eigenvalue weighted by atomic mass is 9.78. The van der Waals surface area contributed by atoms with Gasteiger partial charge in [0.05, 0.1) is 0 Å². The summed E-state index contributed by atoms with van der Waals surface area (Å²) in [7, 11) is -8.50. The van der Waals surface area contributed by atoms with Crippen LogP contribution in [-0.4, -0.2) is 73.9 Å². The molecule has 0 aromatic heterocycles. The van der Waals surface area contributed by atoms with Crippen LogP contribution in [0.4, 0.5) is 0 Å². The molecule has 0 saturated heterocycles. The van der Waals surface area contributed by atoms with Crippen molar-refractivity contribution in [2.45, 2.75) is 156 Å². The second-order valence-corrected chi connectivity index (χ2v) is 31.6. The molecule has 4 aliphatic rings. The van der Waals surface area contributed by atoms with E-state index in [1.165, 1.54) is 76.3 Å². The van der Waals surface area contributed by atoms with Crippen molar-refractivity contribution >= 4 is 34.2 Å². The second kappa shape index (κ2) is 19.3. The van der Waals surface area contributed by atoms with E-state index in [-0.39, 0.29) is 0 Å². The Labute approximate surface area is 307 Å². The van der Waals surface area contributed by atoms with E-state index in [0.29, 0.717) is 39.6 Å². The quantitative estimate of drug-likeness (QED) is 0.0814. The molecule has 0 spiro atoms. The van der Waals surface area contributed by atoms with Crippen molar-refractivity contribution in [1.29, 1.82) is 0 Å². The van der Waals surface area contributed by atoms with Crippen molar-refractivity contribution in [3.8, 4) is 0 Å². The maximum Gasteiger partial charge on any atom is 0.500 e. The summed E-state index contributed by atoms with van der Waals surface area (Å²) >= 11 is 0. The van der Waals surface area contributed by atoms with Crippen LogP contribution in [0.1, 0.15) is 106 Å². The van der Waals surface area contributed by atoms with Gasteiger partial charge in [-0.1, -0.05) is 12.8 Å². The smallest absolute Gasteiger partial charge is 0.455 e. The summed E-state index contributed by atoms with van der Waals surface area (Å²) in [6, 6.07) is 4.62. The standard InChI is InChI=1S/C38H78O7Si4/c1-11-39-48(40-12-2,41-13-3)23-19-33-29-36-30-37(33)28-32(36)17-21-46(7,8)45-47(9,10)22-18-34-25-31-26-35(38(34)27-31)20-24-49(42-14-4,43-15-5)44-16-6/h31-38H,11-30H2,1-10H3. The molecule has 0 N–H and O–H groups in total. The van der Waals surface area contributed by atoms with Crippen LogP contribution >= 0.6 is 0 Å². The summed E-state index contributed by atoms with van der Waals surface area (Å²) in [5, 5.41) is 0. The van der Waals surface area contributed by atoms with Gasteiger partial charge in [0.15, 0.2) is 16.6 Å². The molecule has 11 heteroatoms. The van der Waals surface area contributed by atoms with Gasteiger partial charge in [0.2, 0.25) is 0 Å². The average molecular weight is 759 g/mol. The van der Waals surface area contributed by atoms with E-state index in [9.17, 15) is 0 Å². The average Bonchev–Trinajstić information content (AvgIpc) is 3.83. The van der Waals surface area contributed by atoms with Gasteiger partial charge in [0.25, 0.3) is 0 Å². The van der Waals surface area contributed by atoms with Crippen LogP contribution in [0.15, 0.2) is 0 Å². The molecule has 0 heterocycles. The minimum absolute atomic E-state index is 0.676. The van der Waals surface area contributed by atoms with E-state index < -0.39 is 34.2 Å². The van der Waals surface area contributed by atoms with E-state index in [1.54, 1.807) is 0 Å². The molecule has 0 aromatic carbocycles. The Bertz CT molecular complexity index is 936. The first-order valence-electron chi connectivity index (χ1n) is 20.9. The highest BCUT2D eigenvalue weighted by Gasteiger charge is 2.50. The molecule has 4 saturated carbocycles. The van der Waals surface area contributed by atoms with Gasteiger partial charge < -0.3 is 30.7 Å². The Morgan fingerprint density at radius 2 is 0.755 bits per heavy atom. The summed E-state index contributed by atoms with van der Waals surface area (Å²) in [6.07, 6.45) is 13.8. The van der Waals surface area contributed by atoms with Crippen LogP contribution in [0, 0.1) is 47.3 Å². The van der Waals surface area contributed by atoms with Gasteiger partial charge in [0, 0.05) is 51.7 Å². The number of hydrogen-bond acceptors (Lipinski definition) is 7. The first-order valence-corrected chi connectivity index (χ1v) is 31.0. The molecule has 288 valence electrons. The van der Waals surface area contributed by atoms with Crippen molar-refractivity contribution in [2.24, 2.45) is 47.3 Å². The third-order valence-electron chi connectivity index (χ3n) is 12.9. The minimum Gasteiger partial charge on any atom is -0.455 e. The summed E-state index contributed by atoms with van der Waals surface area (Å²) in [5.74, 6) is 7.08. The summed E-state index contributed by atoms with van der Waals surface area (Å²) in [4.78, 5) is 0. The molecule has 0 radical (unpaired) electrons. The van der Waals surface area contributed by atoms with Crippen LogP contribution in [0.25, 0.3) is 0 Å². The SMILES string of the molecule is CCO[Si](CCC1CC2CC1CC2CC[Si](C)(C)O[Si](C)(C)CCC1CC2CC(CC[Si](OCC)(OCC)OCC)C1C2)(OCC)OCC. The molecule has 0 aromatic rings. The zero-order valence-electron chi connectivity index (χ0n) is 33.6. The zero-order valence-corrected chi connectivity index (χ0v) is 37.6. The van der Waals surface area contributed by atoms with Crippen molar-refractivity contribution in [3.63, 3.8) is 0 Å². The summed E-state index contributed by atoms with van der Waals surface area (Å²) < 4.78 is 44.4. The molecule has 4 bridgehead atoms.